The molecule has 0 saturated heterocycles. The third-order valence-electron chi connectivity index (χ3n) is 15.3. The van der Waals surface area contributed by atoms with E-state index in [2.05, 4.69) is 275 Å². The summed E-state index contributed by atoms with van der Waals surface area (Å²) < 4.78 is 4.89. The van der Waals surface area contributed by atoms with E-state index in [1.54, 1.807) is 0 Å². The highest BCUT2D eigenvalue weighted by atomic mass is 15.2. The molecule has 0 radical (unpaired) electrons. The maximum atomic E-state index is 2.56. The summed E-state index contributed by atoms with van der Waals surface area (Å²) >= 11 is 0. The van der Waals surface area contributed by atoms with Crippen LogP contribution in [0.5, 0.6) is 0 Å². The average Bonchev–Trinajstić information content (AvgIpc) is 4.14. The van der Waals surface area contributed by atoms with Crippen molar-refractivity contribution < 1.29 is 0 Å². The largest absolute Gasteiger partial charge is 0.310 e. The zero-order valence-electron chi connectivity index (χ0n) is 38.2. The van der Waals surface area contributed by atoms with E-state index >= 15 is 0 Å². The predicted octanol–water partition coefficient (Wildman–Crippen LogP) is 17.4. The molecule has 0 amide bonds. The minimum atomic E-state index is -0.559. The summed E-state index contributed by atoms with van der Waals surface area (Å²) in [7, 11) is 0. The molecule has 0 aliphatic heterocycles. The van der Waals surface area contributed by atoms with Crippen LogP contribution in [0.15, 0.2) is 261 Å². The van der Waals surface area contributed by atoms with Gasteiger partial charge in [0.15, 0.2) is 0 Å². The molecule has 2 aliphatic carbocycles. The molecule has 0 bridgehead atoms. The van der Waals surface area contributed by atoms with E-state index in [4.69, 9.17) is 0 Å². The number of para-hydroxylation sites is 3. The van der Waals surface area contributed by atoms with Crippen molar-refractivity contribution in [1.82, 2.24) is 9.13 Å². The minimum Gasteiger partial charge on any atom is -0.310 e. The standard InChI is InChI=1S/C67H43N3/c1-3-18-44(19-4-1)45-34-36-47(37-35-45)70-62-32-16-11-26-54(62)56-41-39-49(43-65(56)70)68(48-38-40-55-53-25-10-15-31-61(53)69(64(55)42-48)46-20-5-2-6-21-46)63-33-17-27-57-52-24-9-14-30-60(52)67(66(57)63)58-28-12-7-22-50(58)51-23-8-13-29-59(51)67/h1-43H. The lowest BCUT2D eigenvalue weighted by molar-refractivity contribution is 0.793. The van der Waals surface area contributed by atoms with Gasteiger partial charge in [-0.2, -0.15) is 0 Å². The van der Waals surface area contributed by atoms with Crippen LogP contribution in [0.1, 0.15) is 22.3 Å². The molecule has 0 fully saturated rings. The lowest BCUT2D eigenvalue weighted by Gasteiger charge is -2.36. The molecule has 0 N–H and O–H groups in total. The number of nitrogens with zero attached hydrogens (tertiary/aromatic N) is 3. The van der Waals surface area contributed by atoms with Gasteiger partial charge in [-0.15, -0.1) is 0 Å². The monoisotopic (exact) mass is 889 g/mol. The summed E-state index contributed by atoms with van der Waals surface area (Å²) in [5.41, 5.74) is 22.5. The summed E-state index contributed by atoms with van der Waals surface area (Å²) in [6.45, 7) is 0. The van der Waals surface area contributed by atoms with Gasteiger partial charge in [0, 0.05) is 49.9 Å². The molecule has 2 aliphatic rings. The lowest BCUT2D eigenvalue weighted by atomic mass is 9.70. The Hall–Kier alpha value is -9.18. The van der Waals surface area contributed by atoms with Crippen LogP contribution < -0.4 is 4.90 Å². The van der Waals surface area contributed by atoms with Crippen LogP contribution in [0.4, 0.5) is 17.1 Å². The highest BCUT2D eigenvalue weighted by Crippen LogP contribution is 2.65. The molecule has 1 spiro atoms. The summed E-state index contributed by atoms with van der Waals surface area (Å²) in [5.74, 6) is 0. The van der Waals surface area contributed by atoms with Crippen molar-refractivity contribution in [2.24, 2.45) is 0 Å². The number of hydrogen-bond donors (Lipinski definition) is 0. The van der Waals surface area contributed by atoms with Crippen molar-refractivity contribution >= 4 is 60.7 Å². The fourth-order valence-electron chi connectivity index (χ4n) is 12.5. The molecule has 0 atom stereocenters. The minimum absolute atomic E-state index is 0.559. The number of hydrogen-bond acceptors (Lipinski definition) is 1. The Labute approximate surface area is 406 Å². The molecule has 3 heteroatoms. The zero-order chi connectivity index (χ0) is 45.9. The molecular weight excluding hydrogens is 847 g/mol. The van der Waals surface area contributed by atoms with Crippen molar-refractivity contribution in [3.8, 4) is 44.8 Å². The Morgan fingerprint density at radius 2 is 0.700 bits per heavy atom. The second kappa shape index (κ2) is 14.9. The molecular formula is C67H43N3. The molecule has 11 aromatic carbocycles. The second-order valence-corrected chi connectivity index (χ2v) is 18.8. The topological polar surface area (TPSA) is 13.1 Å². The van der Waals surface area contributed by atoms with E-state index in [1.807, 2.05) is 0 Å². The highest BCUT2D eigenvalue weighted by molar-refractivity contribution is 6.13. The lowest BCUT2D eigenvalue weighted by Crippen LogP contribution is -2.28. The zero-order valence-corrected chi connectivity index (χ0v) is 38.2. The fourth-order valence-corrected chi connectivity index (χ4v) is 12.5. The molecule has 2 heterocycles. The van der Waals surface area contributed by atoms with Gasteiger partial charge in [-0.25, -0.2) is 0 Å². The van der Waals surface area contributed by atoms with E-state index in [0.29, 0.717) is 0 Å². The Morgan fingerprint density at radius 1 is 0.286 bits per heavy atom. The van der Waals surface area contributed by atoms with Gasteiger partial charge in [0.2, 0.25) is 0 Å². The van der Waals surface area contributed by atoms with Crippen molar-refractivity contribution in [2.75, 3.05) is 4.90 Å². The van der Waals surface area contributed by atoms with Crippen molar-refractivity contribution in [3.05, 3.63) is 283 Å². The van der Waals surface area contributed by atoms with Gasteiger partial charge in [0.05, 0.1) is 33.2 Å². The first kappa shape index (κ1) is 38.9. The van der Waals surface area contributed by atoms with Crippen LogP contribution in [0.3, 0.4) is 0 Å². The predicted molar refractivity (Wildman–Crippen MR) is 292 cm³/mol. The average molecular weight is 890 g/mol. The van der Waals surface area contributed by atoms with E-state index in [0.717, 1.165) is 39.5 Å². The van der Waals surface area contributed by atoms with Crippen molar-refractivity contribution in [2.45, 2.75) is 5.41 Å². The van der Waals surface area contributed by atoms with Crippen LogP contribution in [0, 0.1) is 0 Å². The number of anilines is 3. The van der Waals surface area contributed by atoms with Gasteiger partial charge in [-0.05, 0) is 117 Å². The maximum absolute atomic E-state index is 2.56. The molecule has 3 nitrogen and oxygen atoms in total. The summed E-state index contributed by atoms with van der Waals surface area (Å²) in [4.78, 5) is 2.56. The van der Waals surface area contributed by atoms with Crippen LogP contribution in [-0.4, -0.2) is 9.13 Å². The number of aromatic nitrogens is 2. The molecule has 13 aromatic rings. The summed E-state index contributed by atoms with van der Waals surface area (Å²) in [6.07, 6.45) is 0. The van der Waals surface area contributed by atoms with Crippen molar-refractivity contribution in [1.29, 1.82) is 0 Å². The molecule has 326 valence electrons. The van der Waals surface area contributed by atoms with E-state index in [9.17, 15) is 0 Å². The van der Waals surface area contributed by atoms with Crippen LogP contribution >= 0.6 is 0 Å². The first-order valence-corrected chi connectivity index (χ1v) is 24.3. The molecule has 0 saturated carbocycles. The van der Waals surface area contributed by atoms with Crippen molar-refractivity contribution in [3.63, 3.8) is 0 Å². The van der Waals surface area contributed by atoms with Gasteiger partial charge in [0.1, 0.15) is 0 Å². The van der Waals surface area contributed by atoms with E-state index < -0.39 is 5.41 Å². The molecule has 0 unspecified atom stereocenters. The highest BCUT2D eigenvalue weighted by Gasteiger charge is 2.53. The normalized spacial score (nSPS) is 13.0. The van der Waals surface area contributed by atoms with Gasteiger partial charge >= 0.3 is 0 Å². The van der Waals surface area contributed by atoms with Crippen LogP contribution in [0.25, 0.3) is 88.4 Å². The first-order valence-electron chi connectivity index (χ1n) is 24.3. The first-order chi connectivity index (χ1) is 34.8. The third kappa shape index (κ3) is 5.34. The molecule has 70 heavy (non-hydrogen) atoms. The Bertz CT molecular complexity index is 4170. The Balaban J connectivity index is 1.04. The van der Waals surface area contributed by atoms with Gasteiger partial charge in [0.25, 0.3) is 0 Å². The Morgan fingerprint density at radius 3 is 1.26 bits per heavy atom. The van der Waals surface area contributed by atoms with Crippen LogP contribution in [-0.2, 0) is 5.41 Å². The molecule has 2 aromatic heterocycles. The molecule has 15 rings (SSSR count). The second-order valence-electron chi connectivity index (χ2n) is 18.8. The fraction of sp³-hybridized carbons (Fsp3) is 0.0149. The number of rotatable bonds is 6. The summed E-state index contributed by atoms with van der Waals surface area (Å²) in [5, 5.41) is 4.90. The van der Waals surface area contributed by atoms with Gasteiger partial charge in [-0.3, -0.25) is 0 Å². The van der Waals surface area contributed by atoms with Gasteiger partial charge in [-0.1, -0.05) is 194 Å². The quantitative estimate of drug-likeness (QED) is 0.162. The number of benzene rings is 11. The third-order valence-corrected chi connectivity index (χ3v) is 15.3. The Kier molecular flexibility index (Phi) is 8.28. The van der Waals surface area contributed by atoms with E-state index in [-0.39, 0.29) is 0 Å². The smallest absolute Gasteiger partial charge is 0.0746 e. The number of fused-ring (bicyclic) bond motifs is 16. The van der Waals surface area contributed by atoms with E-state index in [1.165, 1.54) is 88.2 Å². The summed E-state index contributed by atoms with van der Waals surface area (Å²) in [6, 6.07) is 96.8. The van der Waals surface area contributed by atoms with Crippen LogP contribution in [0.2, 0.25) is 0 Å². The van der Waals surface area contributed by atoms with Gasteiger partial charge < -0.3 is 14.0 Å². The SMILES string of the molecule is c1ccc(-c2ccc(-n3c4ccccc4c4ccc(N(c5ccc6c7ccccc7n(-c7ccccc7)c6c5)c5cccc6c5C5(c7ccccc7-c7ccccc75)c5ccccc5-6)cc43)cc2)cc1. The maximum Gasteiger partial charge on any atom is 0.0746 e.